The minimum atomic E-state index is -0.180. The Labute approximate surface area is 120 Å². The Morgan fingerprint density at radius 1 is 1.32 bits per heavy atom. The molecule has 2 rings (SSSR count). The lowest BCUT2D eigenvalue weighted by molar-refractivity contribution is 0.378. The van der Waals surface area contributed by atoms with Crippen molar-refractivity contribution in [3.05, 3.63) is 51.8 Å². The molecule has 1 atom stereocenters. The van der Waals surface area contributed by atoms with E-state index >= 15 is 0 Å². The largest absolute Gasteiger partial charge is 0.467 e. The van der Waals surface area contributed by atoms with Crippen LogP contribution in [0, 0.1) is 6.92 Å². The quantitative estimate of drug-likeness (QED) is 0.666. The molecule has 1 unspecified atom stereocenters. The van der Waals surface area contributed by atoms with Crippen LogP contribution in [-0.2, 0) is 0 Å². The first kappa shape index (κ1) is 13.9. The lowest BCUT2D eigenvalue weighted by atomic mass is 10.0. The van der Waals surface area contributed by atoms with Gasteiger partial charge in [-0.2, -0.15) is 0 Å². The van der Waals surface area contributed by atoms with Crippen LogP contribution in [0.1, 0.15) is 22.7 Å². The van der Waals surface area contributed by atoms with Crippen molar-refractivity contribution in [2.75, 3.05) is 7.11 Å². The van der Waals surface area contributed by atoms with Gasteiger partial charge in [-0.25, -0.2) is 15.4 Å². The molecule has 0 aliphatic rings. The number of nitrogens with two attached hydrogens (primary N) is 1. The number of nitrogens with zero attached hydrogens (tertiary/aromatic N) is 2. The van der Waals surface area contributed by atoms with E-state index in [9.17, 15) is 0 Å². The van der Waals surface area contributed by atoms with Gasteiger partial charge in [0, 0.05) is 22.4 Å². The van der Waals surface area contributed by atoms with E-state index < -0.39 is 0 Å². The average molecular weight is 323 g/mol. The van der Waals surface area contributed by atoms with E-state index in [-0.39, 0.29) is 6.04 Å². The maximum Gasteiger partial charge on any atom is 0.316 e. The van der Waals surface area contributed by atoms with Crippen molar-refractivity contribution in [1.29, 1.82) is 0 Å². The molecule has 0 bridgehead atoms. The molecule has 1 heterocycles. The lowest BCUT2D eigenvalue weighted by Crippen LogP contribution is -2.29. The average Bonchev–Trinajstić information content (AvgIpc) is 2.44. The standard InChI is InChI=1S/C13H15BrN4O/c1-8-3-4-11(14)10(5-8)12(18-15)9-6-16-13(19-2)17-7-9/h3-7,12,18H,15H2,1-2H3. The zero-order valence-corrected chi connectivity index (χ0v) is 12.3. The molecule has 2 aromatic rings. The lowest BCUT2D eigenvalue weighted by Gasteiger charge is -2.18. The number of hydrogen-bond donors (Lipinski definition) is 2. The fraction of sp³-hybridized carbons (Fsp3) is 0.231. The van der Waals surface area contributed by atoms with Crippen molar-refractivity contribution in [3.63, 3.8) is 0 Å². The summed E-state index contributed by atoms with van der Waals surface area (Å²) in [4.78, 5) is 8.20. The zero-order chi connectivity index (χ0) is 13.8. The Bertz CT molecular complexity index is 559. The fourth-order valence-electron chi connectivity index (χ4n) is 1.83. The van der Waals surface area contributed by atoms with Gasteiger partial charge in [-0.1, -0.05) is 33.6 Å². The first-order valence-corrected chi connectivity index (χ1v) is 6.53. The highest BCUT2D eigenvalue weighted by Gasteiger charge is 2.16. The van der Waals surface area contributed by atoms with E-state index in [4.69, 9.17) is 10.6 Å². The van der Waals surface area contributed by atoms with Gasteiger partial charge in [-0.15, -0.1) is 0 Å². The number of nitrogens with one attached hydrogen (secondary N) is 1. The minimum Gasteiger partial charge on any atom is -0.467 e. The predicted octanol–water partition coefficient (Wildman–Crippen LogP) is 2.11. The molecule has 5 nitrogen and oxygen atoms in total. The van der Waals surface area contributed by atoms with Crippen molar-refractivity contribution in [2.24, 2.45) is 5.84 Å². The van der Waals surface area contributed by atoms with Crippen LogP contribution in [0.2, 0.25) is 0 Å². The van der Waals surface area contributed by atoms with Gasteiger partial charge in [0.1, 0.15) is 0 Å². The van der Waals surface area contributed by atoms with E-state index in [0.717, 1.165) is 21.2 Å². The number of aromatic nitrogens is 2. The number of aryl methyl sites for hydroxylation is 1. The highest BCUT2D eigenvalue weighted by Crippen LogP contribution is 2.28. The van der Waals surface area contributed by atoms with Gasteiger partial charge in [0.25, 0.3) is 0 Å². The molecular formula is C13H15BrN4O. The second kappa shape index (κ2) is 6.10. The number of ether oxygens (including phenoxy) is 1. The number of benzene rings is 1. The van der Waals surface area contributed by atoms with Crippen LogP contribution < -0.4 is 16.0 Å². The summed E-state index contributed by atoms with van der Waals surface area (Å²) in [6.45, 7) is 2.04. The molecule has 3 N–H and O–H groups in total. The smallest absolute Gasteiger partial charge is 0.316 e. The molecule has 0 aliphatic heterocycles. The Morgan fingerprint density at radius 2 is 2.00 bits per heavy atom. The topological polar surface area (TPSA) is 73.1 Å². The van der Waals surface area contributed by atoms with Crippen LogP contribution in [0.25, 0.3) is 0 Å². The number of methoxy groups -OCH3 is 1. The molecule has 1 aromatic carbocycles. The second-order valence-corrected chi connectivity index (χ2v) is 4.98. The molecule has 100 valence electrons. The number of halogens is 1. The third kappa shape index (κ3) is 3.09. The summed E-state index contributed by atoms with van der Waals surface area (Å²) in [5, 5.41) is 0. The maximum atomic E-state index is 5.67. The zero-order valence-electron chi connectivity index (χ0n) is 10.7. The molecule has 1 aromatic heterocycles. The number of hydrazine groups is 1. The van der Waals surface area contributed by atoms with Gasteiger partial charge in [0.15, 0.2) is 0 Å². The molecule has 19 heavy (non-hydrogen) atoms. The van der Waals surface area contributed by atoms with Crippen molar-refractivity contribution in [2.45, 2.75) is 13.0 Å². The van der Waals surface area contributed by atoms with E-state index in [1.54, 1.807) is 12.4 Å². The summed E-state index contributed by atoms with van der Waals surface area (Å²) in [7, 11) is 1.53. The van der Waals surface area contributed by atoms with Gasteiger partial charge >= 0.3 is 6.01 Å². The molecule has 0 spiro atoms. The summed E-state index contributed by atoms with van der Waals surface area (Å²) < 4.78 is 5.93. The normalized spacial score (nSPS) is 12.2. The second-order valence-electron chi connectivity index (χ2n) is 4.13. The summed E-state index contributed by atoms with van der Waals surface area (Å²) in [5.74, 6) is 5.67. The van der Waals surface area contributed by atoms with Gasteiger partial charge in [0.2, 0.25) is 0 Å². The summed E-state index contributed by atoms with van der Waals surface area (Å²) >= 11 is 3.54. The van der Waals surface area contributed by atoms with Crippen molar-refractivity contribution < 1.29 is 4.74 Å². The molecule has 0 radical (unpaired) electrons. The highest BCUT2D eigenvalue weighted by atomic mass is 79.9. The molecule has 0 fully saturated rings. The Balaban J connectivity index is 2.40. The predicted molar refractivity (Wildman–Crippen MR) is 76.6 cm³/mol. The van der Waals surface area contributed by atoms with E-state index in [1.165, 1.54) is 7.11 Å². The Morgan fingerprint density at radius 3 is 2.58 bits per heavy atom. The fourth-order valence-corrected chi connectivity index (χ4v) is 2.31. The maximum absolute atomic E-state index is 5.67. The van der Waals surface area contributed by atoms with E-state index in [0.29, 0.717) is 6.01 Å². The molecule has 0 saturated heterocycles. The van der Waals surface area contributed by atoms with Crippen molar-refractivity contribution in [1.82, 2.24) is 15.4 Å². The van der Waals surface area contributed by atoms with E-state index in [1.807, 2.05) is 19.1 Å². The summed E-state index contributed by atoms with van der Waals surface area (Å²) in [6, 6.07) is 6.26. The molecule has 6 heteroatoms. The first-order valence-electron chi connectivity index (χ1n) is 5.74. The van der Waals surface area contributed by atoms with Crippen LogP contribution in [0.15, 0.2) is 35.1 Å². The monoisotopic (exact) mass is 322 g/mol. The Hall–Kier alpha value is -1.50. The van der Waals surface area contributed by atoms with Crippen LogP contribution in [0.3, 0.4) is 0 Å². The van der Waals surface area contributed by atoms with Crippen LogP contribution in [0.4, 0.5) is 0 Å². The first-order chi connectivity index (χ1) is 9.15. The molecule has 0 aliphatic carbocycles. The van der Waals surface area contributed by atoms with E-state index in [2.05, 4.69) is 37.4 Å². The number of rotatable bonds is 4. The van der Waals surface area contributed by atoms with Crippen LogP contribution in [0.5, 0.6) is 6.01 Å². The van der Waals surface area contributed by atoms with Crippen molar-refractivity contribution in [3.8, 4) is 6.01 Å². The van der Waals surface area contributed by atoms with Crippen LogP contribution >= 0.6 is 15.9 Å². The van der Waals surface area contributed by atoms with Gasteiger partial charge < -0.3 is 4.74 Å². The molecule has 0 saturated carbocycles. The number of hydrogen-bond acceptors (Lipinski definition) is 5. The van der Waals surface area contributed by atoms with Gasteiger partial charge in [-0.3, -0.25) is 5.84 Å². The Kier molecular flexibility index (Phi) is 4.47. The molecular weight excluding hydrogens is 308 g/mol. The summed E-state index contributed by atoms with van der Waals surface area (Å²) in [6.07, 6.45) is 3.40. The van der Waals surface area contributed by atoms with Gasteiger partial charge in [0.05, 0.1) is 13.2 Å². The van der Waals surface area contributed by atoms with Crippen molar-refractivity contribution >= 4 is 15.9 Å². The van der Waals surface area contributed by atoms with Gasteiger partial charge in [-0.05, 0) is 18.6 Å². The third-order valence-electron chi connectivity index (χ3n) is 2.79. The minimum absolute atomic E-state index is 0.180. The highest BCUT2D eigenvalue weighted by molar-refractivity contribution is 9.10. The SMILES string of the molecule is COc1ncc(C(NN)c2cc(C)ccc2Br)cn1. The molecule has 0 amide bonds. The van der Waals surface area contributed by atoms with Crippen LogP contribution in [-0.4, -0.2) is 17.1 Å². The summed E-state index contributed by atoms with van der Waals surface area (Å²) in [5.41, 5.74) is 5.86. The third-order valence-corrected chi connectivity index (χ3v) is 3.52.